The van der Waals surface area contributed by atoms with Gasteiger partial charge in [0.2, 0.25) is 0 Å². The van der Waals surface area contributed by atoms with E-state index >= 15 is 0 Å². The summed E-state index contributed by atoms with van der Waals surface area (Å²) in [5, 5.41) is 16.5. The zero-order valence-corrected chi connectivity index (χ0v) is 26.7. The number of pyridine rings is 1. The highest BCUT2D eigenvalue weighted by Crippen LogP contribution is 2.43. The fraction of sp³-hybridized carbons (Fsp3) is 0. The molecule has 0 spiro atoms. The molecule has 49 heavy (non-hydrogen) atoms. The highest BCUT2D eigenvalue weighted by atomic mass is 32.1. The van der Waals surface area contributed by atoms with Gasteiger partial charge in [-0.25, -0.2) is 9.83 Å². The Bertz CT molecular complexity index is 3090. The summed E-state index contributed by atoms with van der Waals surface area (Å²) in [6.45, 7) is 8.03. The lowest BCUT2D eigenvalue weighted by molar-refractivity contribution is 1.14. The van der Waals surface area contributed by atoms with Crippen molar-refractivity contribution in [2.24, 2.45) is 0 Å². The molecule has 0 saturated carbocycles. The number of benzene rings is 6. The van der Waals surface area contributed by atoms with Gasteiger partial charge in [-0.2, -0.15) is 5.26 Å². The SMILES string of the molecule is [C-]#[N+]c1cc(-c2cccc(-n3c4ncccc4c4ccc5c6ccccc6sc5c43)c2)cc(-n2c3ccccc3c3cc(C#N)ccc32)c1. The van der Waals surface area contributed by atoms with Crippen LogP contribution in [0.2, 0.25) is 0 Å². The van der Waals surface area contributed by atoms with E-state index in [2.05, 4.69) is 105 Å². The second-order valence-corrected chi connectivity index (χ2v) is 13.3. The van der Waals surface area contributed by atoms with E-state index in [4.69, 9.17) is 11.6 Å². The Hall–Kier alpha value is -6.73. The number of nitrogens with zero attached hydrogens (tertiary/aromatic N) is 5. The molecule has 0 aliphatic carbocycles. The van der Waals surface area contributed by atoms with Crippen LogP contribution in [0, 0.1) is 17.9 Å². The van der Waals surface area contributed by atoms with E-state index in [9.17, 15) is 5.26 Å². The molecule has 4 heterocycles. The first-order valence-corrected chi connectivity index (χ1v) is 16.8. The van der Waals surface area contributed by atoms with Crippen LogP contribution in [-0.4, -0.2) is 14.1 Å². The molecular weight excluding hydrogens is 619 g/mol. The van der Waals surface area contributed by atoms with E-state index in [1.54, 1.807) is 0 Å². The first-order chi connectivity index (χ1) is 24.2. The van der Waals surface area contributed by atoms with E-state index in [1.807, 2.05) is 66.1 Å². The molecule has 0 aliphatic rings. The van der Waals surface area contributed by atoms with Crippen molar-refractivity contribution in [2.75, 3.05) is 0 Å². The Morgan fingerprint density at radius 3 is 2.31 bits per heavy atom. The summed E-state index contributed by atoms with van der Waals surface area (Å²) in [7, 11) is 0. The number of hydrogen-bond acceptors (Lipinski definition) is 3. The molecule has 226 valence electrons. The van der Waals surface area contributed by atoms with Crippen LogP contribution in [0.25, 0.3) is 91.3 Å². The molecule has 6 aromatic carbocycles. The average molecular weight is 642 g/mol. The highest BCUT2D eigenvalue weighted by Gasteiger charge is 2.19. The molecule has 0 radical (unpaired) electrons. The lowest BCUT2D eigenvalue weighted by Crippen LogP contribution is -1.97. The molecule has 0 amide bonds. The molecular formula is C43H23N5S. The van der Waals surface area contributed by atoms with Gasteiger partial charge < -0.3 is 4.57 Å². The fourth-order valence-corrected chi connectivity index (χ4v) is 8.70. The number of para-hydroxylation sites is 1. The van der Waals surface area contributed by atoms with Crippen LogP contribution in [-0.2, 0) is 0 Å². The van der Waals surface area contributed by atoms with Crippen molar-refractivity contribution in [2.45, 2.75) is 0 Å². The summed E-state index contributed by atoms with van der Waals surface area (Å²) in [6, 6.07) is 48.2. The fourth-order valence-electron chi connectivity index (χ4n) is 7.46. The second-order valence-electron chi connectivity index (χ2n) is 12.2. The van der Waals surface area contributed by atoms with Crippen LogP contribution in [0.4, 0.5) is 5.69 Å². The maximum absolute atomic E-state index is 9.62. The molecule has 0 fully saturated rings. The predicted molar refractivity (Wildman–Crippen MR) is 202 cm³/mol. The van der Waals surface area contributed by atoms with Gasteiger partial charge in [0.25, 0.3) is 0 Å². The van der Waals surface area contributed by atoms with E-state index in [1.165, 1.54) is 25.6 Å². The minimum absolute atomic E-state index is 0.558. The van der Waals surface area contributed by atoms with Gasteiger partial charge in [0.1, 0.15) is 5.65 Å². The molecule has 0 bridgehead atoms. The van der Waals surface area contributed by atoms with Crippen molar-refractivity contribution in [1.29, 1.82) is 5.26 Å². The first kappa shape index (κ1) is 27.4. The smallest absolute Gasteiger partial charge is 0.189 e. The minimum atomic E-state index is 0.558. The van der Waals surface area contributed by atoms with Gasteiger partial charge in [-0.15, -0.1) is 11.3 Å². The number of thiophene rings is 1. The summed E-state index contributed by atoms with van der Waals surface area (Å²) in [5.74, 6) is 0. The summed E-state index contributed by atoms with van der Waals surface area (Å²) >= 11 is 1.82. The van der Waals surface area contributed by atoms with Crippen molar-refractivity contribution in [3.63, 3.8) is 0 Å². The third-order valence-corrected chi connectivity index (χ3v) is 10.8. The third-order valence-electron chi connectivity index (χ3n) is 9.56. The average Bonchev–Trinajstić information content (AvgIpc) is 3.82. The van der Waals surface area contributed by atoms with Gasteiger partial charge >= 0.3 is 0 Å². The van der Waals surface area contributed by atoms with Gasteiger partial charge in [0, 0.05) is 54.6 Å². The highest BCUT2D eigenvalue weighted by molar-refractivity contribution is 7.26. The van der Waals surface area contributed by atoms with Crippen LogP contribution >= 0.6 is 11.3 Å². The van der Waals surface area contributed by atoms with Gasteiger partial charge in [0.05, 0.1) is 39.5 Å². The standard InChI is InChI=1S/C43H23N5S/c1-45-29-21-28(23-31(24-29)47-38-13-4-2-10-32(38)37-20-26(25-44)15-18-39(37)47)27-8-6-9-30(22-27)48-41-34(36-12-7-19-46-43(36)48)16-17-35-33-11-3-5-14-40(33)49-42(35)41/h2-24H. The lowest BCUT2D eigenvalue weighted by atomic mass is 10.0. The molecule has 10 aromatic rings. The number of rotatable bonds is 3. The maximum Gasteiger partial charge on any atom is 0.189 e. The lowest BCUT2D eigenvalue weighted by Gasteiger charge is -2.13. The van der Waals surface area contributed by atoms with Crippen molar-refractivity contribution in [3.05, 3.63) is 157 Å². The molecule has 4 aromatic heterocycles. The quantitative estimate of drug-likeness (QED) is 0.180. The Labute approximate surface area is 284 Å². The van der Waals surface area contributed by atoms with Crippen LogP contribution in [0.15, 0.2) is 140 Å². The Morgan fingerprint density at radius 2 is 1.41 bits per heavy atom. The molecule has 5 nitrogen and oxygen atoms in total. The Morgan fingerprint density at radius 1 is 0.612 bits per heavy atom. The first-order valence-electron chi connectivity index (χ1n) is 16.0. The Kier molecular flexibility index (Phi) is 5.81. The van der Waals surface area contributed by atoms with E-state index < -0.39 is 0 Å². The van der Waals surface area contributed by atoms with E-state index in [0.29, 0.717) is 11.3 Å². The third kappa shape index (κ3) is 3.99. The number of nitriles is 1. The summed E-state index contributed by atoms with van der Waals surface area (Å²) in [5.41, 5.74) is 9.13. The summed E-state index contributed by atoms with van der Waals surface area (Å²) < 4.78 is 7.00. The van der Waals surface area contributed by atoms with E-state index in [0.717, 1.165) is 60.9 Å². The van der Waals surface area contributed by atoms with Crippen molar-refractivity contribution in [3.8, 4) is 28.6 Å². The molecule has 10 rings (SSSR count). The number of hydrogen-bond donors (Lipinski definition) is 0. The van der Waals surface area contributed by atoms with Gasteiger partial charge in [-0.1, -0.05) is 60.7 Å². The van der Waals surface area contributed by atoms with E-state index in [-0.39, 0.29) is 0 Å². The maximum atomic E-state index is 9.62. The largest absolute Gasteiger partial charge is 0.310 e. The molecule has 0 N–H and O–H groups in total. The zero-order chi connectivity index (χ0) is 32.6. The van der Waals surface area contributed by atoms with Gasteiger partial charge in [-0.05, 0) is 83.9 Å². The topological polar surface area (TPSA) is 50.9 Å². The molecule has 0 aliphatic heterocycles. The zero-order valence-electron chi connectivity index (χ0n) is 25.9. The summed E-state index contributed by atoms with van der Waals surface area (Å²) in [6.07, 6.45) is 1.86. The molecule has 6 heteroatoms. The minimum Gasteiger partial charge on any atom is -0.310 e. The Balaban J connectivity index is 1.22. The number of aromatic nitrogens is 3. The van der Waals surface area contributed by atoms with Crippen LogP contribution in [0.3, 0.4) is 0 Å². The van der Waals surface area contributed by atoms with Crippen molar-refractivity contribution >= 4 is 80.9 Å². The van der Waals surface area contributed by atoms with Crippen LogP contribution in [0.5, 0.6) is 0 Å². The second kappa shape index (κ2) is 10.4. The number of fused-ring (bicyclic) bond motifs is 10. The monoisotopic (exact) mass is 641 g/mol. The van der Waals surface area contributed by atoms with Gasteiger partial charge in [0.15, 0.2) is 5.69 Å². The van der Waals surface area contributed by atoms with Crippen LogP contribution < -0.4 is 0 Å². The van der Waals surface area contributed by atoms with Crippen molar-refractivity contribution < 1.29 is 0 Å². The molecule has 0 unspecified atom stereocenters. The van der Waals surface area contributed by atoms with Crippen molar-refractivity contribution in [1.82, 2.24) is 14.1 Å². The summed E-state index contributed by atoms with van der Waals surface area (Å²) in [4.78, 5) is 8.81. The predicted octanol–water partition coefficient (Wildman–Crippen LogP) is 11.7. The molecule has 0 saturated heterocycles. The molecule has 0 atom stereocenters. The van der Waals surface area contributed by atoms with Crippen LogP contribution in [0.1, 0.15) is 5.56 Å². The normalized spacial score (nSPS) is 11.6. The van der Waals surface area contributed by atoms with Gasteiger partial charge in [-0.3, -0.25) is 4.57 Å².